The molecule has 104 valence electrons. The molecule has 2 rings (SSSR count). The minimum atomic E-state index is -0.169. The van der Waals surface area contributed by atoms with Crippen LogP contribution in [-0.4, -0.2) is 41.5 Å². The van der Waals surface area contributed by atoms with E-state index in [0.29, 0.717) is 18.2 Å². The fourth-order valence-electron chi connectivity index (χ4n) is 2.28. The van der Waals surface area contributed by atoms with E-state index in [1.165, 1.54) is 12.8 Å². The Bertz CT molecular complexity index is 460. The van der Waals surface area contributed by atoms with Crippen molar-refractivity contribution >= 4 is 27.7 Å². The number of anilines is 1. The summed E-state index contributed by atoms with van der Waals surface area (Å²) in [6.07, 6.45) is 4.08. The SMILES string of the molecule is CC(CNC(=O)c1cc(Br)cnc1N)N1CCCC1. The summed E-state index contributed by atoms with van der Waals surface area (Å²) < 4.78 is 0.749. The molecule has 0 spiro atoms. The van der Waals surface area contributed by atoms with Gasteiger partial charge in [0.15, 0.2) is 0 Å². The first-order valence-corrected chi connectivity index (χ1v) is 7.30. The highest BCUT2D eigenvalue weighted by atomic mass is 79.9. The number of nitrogens with two attached hydrogens (primary N) is 1. The molecule has 2 heterocycles. The van der Waals surface area contributed by atoms with Gasteiger partial charge in [0.05, 0.1) is 5.56 Å². The summed E-state index contributed by atoms with van der Waals surface area (Å²) in [6, 6.07) is 2.05. The van der Waals surface area contributed by atoms with Crippen LogP contribution in [-0.2, 0) is 0 Å². The second-order valence-corrected chi connectivity index (χ2v) is 5.80. The van der Waals surface area contributed by atoms with Gasteiger partial charge in [0, 0.05) is 23.3 Å². The van der Waals surface area contributed by atoms with E-state index in [4.69, 9.17) is 5.73 Å². The van der Waals surface area contributed by atoms with Crippen LogP contribution < -0.4 is 11.1 Å². The van der Waals surface area contributed by atoms with Crippen molar-refractivity contribution in [3.8, 4) is 0 Å². The number of carbonyl (C=O) groups excluding carboxylic acids is 1. The van der Waals surface area contributed by atoms with Crippen LogP contribution in [0.3, 0.4) is 0 Å². The summed E-state index contributed by atoms with van der Waals surface area (Å²) in [7, 11) is 0. The average Bonchev–Trinajstić information content (AvgIpc) is 2.92. The number of hydrogen-bond donors (Lipinski definition) is 2. The van der Waals surface area contributed by atoms with E-state index in [-0.39, 0.29) is 11.7 Å². The van der Waals surface area contributed by atoms with E-state index < -0.39 is 0 Å². The molecule has 6 heteroatoms. The van der Waals surface area contributed by atoms with Crippen LogP contribution in [0, 0.1) is 0 Å². The van der Waals surface area contributed by atoms with Crippen molar-refractivity contribution in [2.75, 3.05) is 25.4 Å². The number of nitrogens with zero attached hydrogens (tertiary/aromatic N) is 2. The van der Waals surface area contributed by atoms with Crippen LogP contribution in [0.25, 0.3) is 0 Å². The number of hydrogen-bond acceptors (Lipinski definition) is 4. The van der Waals surface area contributed by atoms with Crippen molar-refractivity contribution in [3.63, 3.8) is 0 Å². The molecule has 19 heavy (non-hydrogen) atoms. The Morgan fingerprint density at radius 2 is 2.26 bits per heavy atom. The molecular formula is C13H19BrN4O. The molecule has 1 atom stereocenters. The maximum absolute atomic E-state index is 12.1. The molecule has 1 fully saturated rings. The van der Waals surface area contributed by atoms with E-state index in [1.807, 2.05) is 0 Å². The van der Waals surface area contributed by atoms with Gasteiger partial charge in [-0.2, -0.15) is 0 Å². The lowest BCUT2D eigenvalue weighted by atomic mass is 10.2. The summed E-state index contributed by atoms with van der Waals surface area (Å²) in [6.45, 7) is 5.01. The van der Waals surface area contributed by atoms with Gasteiger partial charge < -0.3 is 11.1 Å². The quantitative estimate of drug-likeness (QED) is 0.882. The third-order valence-electron chi connectivity index (χ3n) is 3.45. The summed E-state index contributed by atoms with van der Waals surface area (Å²) >= 11 is 3.29. The predicted octanol–water partition coefficient (Wildman–Crippen LogP) is 1.64. The van der Waals surface area contributed by atoms with Gasteiger partial charge in [0.1, 0.15) is 5.82 Å². The monoisotopic (exact) mass is 326 g/mol. The van der Waals surface area contributed by atoms with E-state index in [0.717, 1.165) is 17.6 Å². The smallest absolute Gasteiger partial charge is 0.255 e. The Kier molecular flexibility index (Phi) is 4.76. The van der Waals surface area contributed by atoms with Crippen LogP contribution >= 0.6 is 15.9 Å². The van der Waals surface area contributed by atoms with Crippen LogP contribution in [0.2, 0.25) is 0 Å². The first kappa shape index (κ1) is 14.3. The molecule has 0 aromatic carbocycles. The van der Waals surface area contributed by atoms with Gasteiger partial charge in [-0.25, -0.2) is 4.98 Å². The number of carbonyl (C=O) groups is 1. The van der Waals surface area contributed by atoms with E-state index in [9.17, 15) is 4.79 Å². The van der Waals surface area contributed by atoms with Crippen molar-refractivity contribution in [1.29, 1.82) is 0 Å². The number of nitrogen functional groups attached to an aromatic ring is 1. The van der Waals surface area contributed by atoms with Crippen molar-refractivity contribution in [1.82, 2.24) is 15.2 Å². The topological polar surface area (TPSA) is 71.2 Å². The van der Waals surface area contributed by atoms with E-state index >= 15 is 0 Å². The van der Waals surface area contributed by atoms with Crippen molar-refractivity contribution in [2.45, 2.75) is 25.8 Å². The van der Waals surface area contributed by atoms with Crippen molar-refractivity contribution < 1.29 is 4.79 Å². The molecule has 1 amide bonds. The molecular weight excluding hydrogens is 308 g/mol. The molecule has 1 aromatic heterocycles. The normalized spacial score (nSPS) is 17.4. The molecule has 3 N–H and O–H groups in total. The number of aromatic nitrogens is 1. The third-order valence-corrected chi connectivity index (χ3v) is 3.89. The number of nitrogens with one attached hydrogen (secondary N) is 1. The molecule has 5 nitrogen and oxygen atoms in total. The predicted molar refractivity (Wildman–Crippen MR) is 79.0 cm³/mol. The fraction of sp³-hybridized carbons (Fsp3) is 0.538. The van der Waals surface area contributed by atoms with Crippen LogP contribution in [0.5, 0.6) is 0 Å². The molecule has 1 saturated heterocycles. The zero-order valence-corrected chi connectivity index (χ0v) is 12.6. The summed E-state index contributed by atoms with van der Waals surface area (Å²) in [5.41, 5.74) is 6.14. The lowest BCUT2D eigenvalue weighted by Gasteiger charge is -2.23. The Balaban J connectivity index is 1.91. The molecule has 1 aromatic rings. The number of amides is 1. The molecule has 0 aliphatic carbocycles. The molecule has 0 bridgehead atoms. The highest BCUT2D eigenvalue weighted by molar-refractivity contribution is 9.10. The highest BCUT2D eigenvalue weighted by Crippen LogP contribution is 2.15. The van der Waals surface area contributed by atoms with Crippen LogP contribution in [0.15, 0.2) is 16.7 Å². The largest absolute Gasteiger partial charge is 0.383 e. The van der Waals surface area contributed by atoms with Gasteiger partial charge in [0.25, 0.3) is 5.91 Å². The van der Waals surface area contributed by atoms with Gasteiger partial charge >= 0.3 is 0 Å². The molecule has 0 radical (unpaired) electrons. The summed E-state index contributed by atoms with van der Waals surface area (Å²) in [4.78, 5) is 18.4. The van der Waals surface area contributed by atoms with Crippen molar-refractivity contribution in [3.05, 3.63) is 22.3 Å². The zero-order chi connectivity index (χ0) is 13.8. The minimum Gasteiger partial charge on any atom is -0.383 e. The molecule has 1 unspecified atom stereocenters. The van der Waals surface area contributed by atoms with Crippen LogP contribution in [0.1, 0.15) is 30.1 Å². The van der Waals surface area contributed by atoms with E-state index in [1.54, 1.807) is 12.3 Å². The lowest BCUT2D eigenvalue weighted by molar-refractivity contribution is 0.0941. The Hall–Kier alpha value is -1.14. The van der Waals surface area contributed by atoms with Gasteiger partial charge in [-0.1, -0.05) is 0 Å². The number of likely N-dealkylation sites (tertiary alicyclic amines) is 1. The van der Waals surface area contributed by atoms with Gasteiger partial charge in [-0.15, -0.1) is 0 Å². The Labute approximate surface area is 121 Å². The minimum absolute atomic E-state index is 0.169. The first-order chi connectivity index (χ1) is 9.08. The second-order valence-electron chi connectivity index (χ2n) is 4.89. The average molecular weight is 327 g/mol. The zero-order valence-electron chi connectivity index (χ0n) is 11.0. The molecule has 1 aliphatic heterocycles. The second kappa shape index (κ2) is 6.34. The standard InChI is InChI=1S/C13H19BrN4O/c1-9(18-4-2-3-5-18)7-17-13(19)11-6-10(14)8-16-12(11)15/h6,8-9H,2-5,7H2,1H3,(H2,15,16)(H,17,19). The molecule has 1 aliphatic rings. The lowest BCUT2D eigenvalue weighted by Crippen LogP contribution is -2.40. The van der Waals surface area contributed by atoms with Gasteiger partial charge in [-0.05, 0) is 54.9 Å². The third kappa shape index (κ3) is 3.67. The van der Waals surface area contributed by atoms with Gasteiger partial charge in [0.2, 0.25) is 0 Å². The molecule has 0 saturated carbocycles. The van der Waals surface area contributed by atoms with E-state index in [2.05, 4.69) is 38.1 Å². The van der Waals surface area contributed by atoms with Crippen LogP contribution in [0.4, 0.5) is 5.82 Å². The fourth-order valence-corrected chi connectivity index (χ4v) is 2.61. The maximum Gasteiger partial charge on any atom is 0.255 e. The number of rotatable bonds is 4. The number of pyridine rings is 1. The summed E-state index contributed by atoms with van der Waals surface area (Å²) in [5, 5.41) is 2.92. The Morgan fingerprint density at radius 1 is 1.58 bits per heavy atom. The van der Waals surface area contributed by atoms with Crippen molar-refractivity contribution in [2.24, 2.45) is 0 Å². The Morgan fingerprint density at radius 3 is 2.95 bits per heavy atom. The highest BCUT2D eigenvalue weighted by Gasteiger charge is 2.19. The van der Waals surface area contributed by atoms with Gasteiger partial charge in [-0.3, -0.25) is 9.69 Å². The summed E-state index contributed by atoms with van der Waals surface area (Å²) in [5.74, 6) is 0.0897. The first-order valence-electron chi connectivity index (χ1n) is 6.51. The number of halogens is 1. The maximum atomic E-state index is 12.1.